The van der Waals surface area contributed by atoms with E-state index in [0.717, 1.165) is 22.8 Å². The summed E-state index contributed by atoms with van der Waals surface area (Å²) in [5, 5.41) is 7.20. The summed E-state index contributed by atoms with van der Waals surface area (Å²) in [7, 11) is 1.69. The zero-order valence-corrected chi connectivity index (χ0v) is 16.3. The van der Waals surface area contributed by atoms with Crippen LogP contribution in [0, 0.1) is 6.92 Å². The maximum absolute atomic E-state index is 12.9. The van der Waals surface area contributed by atoms with E-state index in [0.29, 0.717) is 39.2 Å². The van der Waals surface area contributed by atoms with E-state index >= 15 is 0 Å². The standard InChI is InChI=1S/C19H22N6O4/c1-11-7-14-24(2)18(27)13(3-5-25(14)23-11)21-17(26)16-20-8-12-9-29-19(15(12)22-16)4-6-28-10-19/h7-8,13H,3-6,9-10H2,1-2H3,(H,21,26)/t13-,19?/m0/s1. The van der Waals surface area contributed by atoms with Crippen molar-refractivity contribution in [3.63, 3.8) is 0 Å². The Morgan fingerprint density at radius 1 is 1.41 bits per heavy atom. The maximum atomic E-state index is 12.9. The van der Waals surface area contributed by atoms with Gasteiger partial charge in [0, 0.05) is 44.4 Å². The number of hydrogen-bond acceptors (Lipinski definition) is 7. The molecule has 0 aliphatic carbocycles. The number of nitrogens with one attached hydrogen (secondary N) is 1. The van der Waals surface area contributed by atoms with Gasteiger partial charge in [0.1, 0.15) is 17.5 Å². The van der Waals surface area contributed by atoms with Gasteiger partial charge in [-0.1, -0.05) is 0 Å². The normalized spacial score (nSPS) is 25.8. The van der Waals surface area contributed by atoms with Gasteiger partial charge >= 0.3 is 0 Å². The van der Waals surface area contributed by atoms with Gasteiger partial charge in [-0.3, -0.25) is 14.5 Å². The molecule has 0 radical (unpaired) electrons. The third-order valence-electron chi connectivity index (χ3n) is 5.78. The number of ether oxygens (including phenoxy) is 2. The van der Waals surface area contributed by atoms with Gasteiger partial charge in [0.15, 0.2) is 0 Å². The molecule has 1 unspecified atom stereocenters. The zero-order valence-electron chi connectivity index (χ0n) is 16.3. The minimum atomic E-state index is -0.675. The van der Waals surface area contributed by atoms with Gasteiger partial charge in [-0.15, -0.1) is 0 Å². The summed E-state index contributed by atoms with van der Waals surface area (Å²) >= 11 is 0. The second-order valence-electron chi connectivity index (χ2n) is 7.73. The molecule has 0 saturated carbocycles. The highest BCUT2D eigenvalue weighted by Crippen LogP contribution is 2.41. The van der Waals surface area contributed by atoms with Crippen LogP contribution in [0.4, 0.5) is 5.82 Å². The fourth-order valence-corrected chi connectivity index (χ4v) is 4.19. The Morgan fingerprint density at radius 2 is 2.28 bits per heavy atom. The molecular formula is C19H22N6O4. The average Bonchev–Trinajstić information content (AvgIpc) is 3.42. The van der Waals surface area contributed by atoms with Crippen LogP contribution < -0.4 is 10.2 Å². The molecule has 2 aromatic rings. The third kappa shape index (κ3) is 2.90. The second kappa shape index (κ2) is 6.60. The van der Waals surface area contributed by atoms with Crippen molar-refractivity contribution < 1.29 is 19.1 Å². The Hall–Kier alpha value is -2.85. The molecule has 3 aliphatic rings. The lowest BCUT2D eigenvalue weighted by atomic mass is 9.98. The van der Waals surface area contributed by atoms with Crippen molar-refractivity contribution in [2.75, 3.05) is 25.2 Å². The molecule has 2 atom stereocenters. The summed E-state index contributed by atoms with van der Waals surface area (Å²) in [6.07, 6.45) is 2.77. The maximum Gasteiger partial charge on any atom is 0.289 e. The van der Waals surface area contributed by atoms with Crippen LogP contribution in [0.15, 0.2) is 12.3 Å². The molecule has 10 heteroatoms. The largest absolute Gasteiger partial charge is 0.378 e. The Kier molecular flexibility index (Phi) is 4.14. The van der Waals surface area contributed by atoms with Gasteiger partial charge < -0.3 is 14.8 Å². The van der Waals surface area contributed by atoms with Crippen molar-refractivity contribution in [2.24, 2.45) is 0 Å². The lowest BCUT2D eigenvalue weighted by molar-refractivity contribution is -0.120. The first kappa shape index (κ1) is 18.2. The van der Waals surface area contributed by atoms with Crippen LogP contribution >= 0.6 is 0 Å². The fourth-order valence-electron chi connectivity index (χ4n) is 4.19. The predicted molar refractivity (Wildman–Crippen MR) is 100 cm³/mol. The van der Waals surface area contributed by atoms with E-state index < -0.39 is 17.6 Å². The van der Waals surface area contributed by atoms with Crippen molar-refractivity contribution in [3.8, 4) is 0 Å². The Morgan fingerprint density at radius 3 is 3.07 bits per heavy atom. The summed E-state index contributed by atoms with van der Waals surface area (Å²) < 4.78 is 13.2. The second-order valence-corrected chi connectivity index (χ2v) is 7.73. The van der Waals surface area contributed by atoms with Crippen LogP contribution in [-0.2, 0) is 33.0 Å². The van der Waals surface area contributed by atoms with Gasteiger partial charge in [-0.25, -0.2) is 14.6 Å². The lowest BCUT2D eigenvalue weighted by Gasteiger charge is -2.21. The number of carbonyl (C=O) groups is 2. The zero-order chi connectivity index (χ0) is 20.2. The SMILES string of the molecule is Cc1cc2n(n1)CC[C@H](NC(=O)c1ncc3c(n1)C1(CCOC1)OC3)C(=O)N2C. The summed E-state index contributed by atoms with van der Waals surface area (Å²) in [5.41, 5.74) is 1.85. The summed E-state index contributed by atoms with van der Waals surface area (Å²) in [5.74, 6) is 0.0885. The van der Waals surface area contributed by atoms with Gasteiger partial charge in [0.25, 0.3) is 11.8 Å². The van der Waals surface area contributed by atoms with Crippen molar-refractivity contribution >= 4 is 17.6 Å². The molecule has 1 spiro atoms. The van der Waals surface area contributed by atoms with Crippen molar-refractivity contribution in [1.29, 1.82) is 0 Å². The van der Waals surface area contributed by atoms with E-state index in [1.54, 1.807) is 17.9 Å². The molecule has 29 heavy (non-hydrogen) atoms. The molecule has 1 N–H and O–H groups in total. The fraction of sp³-hybridized carbons (Fsp3) is 0.526. The topological polar surface area (TPSA) is 111 Å². The lowest BCUT2D eigenvalue weighted by Crippen LogP contribution is -2.47. The van der Waals surface area contributed by atoms with Crippen LogP contribution in [0.3, 0.4) is 0 Å². The molecular weight excluding hydrogens is 376 g/mol. The van der Waals surface area contributed by atoms with Crippen LogP contribution in [0.1, 0.15) is 40.4 Å². The number of carbonyl (C=O) groups excluding carboxylic acids is 2. The van der Waals surface area contributed by atoms with Gasteiger partial charge in [-0.2, -0.15) is 5.10 Å². The molecule has 10 nitrogen and oxygen atoms in total. The minimum absolute atomic E-state index is 0.0359. The minimum Gasteiger partial charge on any atom is -0.378 e. The Labute approximate surface area is 167 Å². The quantitative estimate of drug-likeness (QED) is 0.774. The highest BCUT2D eigenvalue weighted by Gasteiger charge is 2.45. The van der Waals surface area contributed by atoms with E-state index in [2.05, 4.69) is 20.4 Å². The summed E-state index contributed by atoms with van der Waals surface area (Å²) in [4.78, 5) is 35.9. The number of rotatable bonds is 2. The van der Waals surface area contributed by atoms with Crippen LogP contribution in [-0.4, -0.2) is 57.9 Å². The van der Waals surface area contributed by atoms with Crippen molar-refractivity contribution in [2.45, 2.75) is 44.6 Å². The van der Waals surface area contributed by atoms with Crippen LogP contribution in [0.5, 0.6) is 0 Å². The summed E-state index contributed by atoms with van der Waals surface area (Å²) in [6.45, 7) is 3.86. The van der Waals surface area contributed by atoms with Gasteiger partial charge in [-0.05, 0) is 13.3 Å². The Bertz CT molecular complexity index is 997. The first-order valence-electron chi connectivity index (χ1n) is 9.68. The van der Waals surface area contributed by atoms with E-state index in [1.165, 1.54) is 4.90 Å². The number of nitrogens with zero attached hydrogens (tertiary/aromatic N) is 5. The molecule has 1 fully saturated rings. The molecule has 1 saturated heterocycles. The van der Waals surface area contributed by atoms with Crippen LogP contribution in [0.25, 0.3) is 0 Å². The third-order valence-corrected chi connectivity index (χ3v) is 5.78. The number of amides is 2. The monoisotopic (exact) mass is 398 g/mol. The highest BCUT2D eigenvalue weighted by molar-refractivity contribution is 6.00. The van der Waals surface area contributed by atoms with Crippen molar-refractivity contribution in [1.82, 2.24) is 25.1 Å². The number of hydrogen-bond donors (Lipinski definition) is 1. The molecule has 0 aromatic carbocycles. The van der Waals surface area contributed by atoms with Gasteiger partial charge in [0.05, 0.1) is 24.6 Å². The molecule has 5 rings (SSSR count). The number of aryl methyl sites for hydroxylation is 2. The smallest absolute Gasteiger partial charge is 0.289 e. The predicted octanol–water partition coefficient (Wildman–Crippen LogP) is 0.292. The van der Waals surface area contributed by atoms with E-state index in [1.807, 2.05) is 13.0 Å². The highest BCUT2D eigenvalue weighted by atomic mass is 16.6. The van der Waals surface area contributed by atoms with Gasteiger partial charge in [0.2, 0.25) is 5.82 Å². The number of likely N-dealkylation sites (N-methyl/N-ethyl adjacent to an activating group) is 1. The van der Waals surface area contributed by atoms with E-state index in [-0.39, 0.29) is 11.7 Å². The molecule has 3 aliphatic heterocycles. The van der Waals surface area contributed by atoms with Crippen LogP contribution in [0.2, 0.25) is 0 Å². The molecule has 0 bridgehead atoms. The number of anilines is 1. The molecule has 5 heterocycles. The van der Waals surface area contributed by atoms with Crippen molar-refractivity contribution in [3.05, 3.63) is 35.0 Å². The molecule has 2 amide bonds. The molecule has 152 valence electrons. The average molecular weight is 398 g/mol. The summed E-state index contributed by atoms with van der Waals surface area (Å²) in [6, 6.07) is 1.18. The first-order chi connectivity index (χ1) is 14.0. The van der Waals surface area contributed by atoms with E-state index in [9.17, 15) is 9.59 Å². The van der Waals surface area contributed by atoms with E-state index in [4.69, 9.17) is 9.47 Å². The number of aromatic nitrogens is 4. The molecule has 2 aromatic heterocycles. The Balaban J connectivity index is 1.36. The first-order valence-corrected chi connectivity index (χ1v) is 9.68. The number of fused-ring (bicyclic) bond motifs is 3.